The molecule has 62 valence electrons. The highest BCUT2D eigenvalue weighted by molar-refractivity contribution is 7.27. The SMILES string of the molecule is CC.Cc1ccc(P)cc1F. The topological polar surface area (TPSA) is 0 Å². The smallest absolute Gasteiger partial charge is 0.126 e. The fraction of sp³-hybridized carbons (Fsp3) is 0.333. The molecule has 0 nitrogen and oxygen atoms in total. The number of hydrogen-bond donors (Lipinski definition) is 0. The van der Waals surface area contributed by atoms with Crippen molar-refractivity contribution in [3.05, 3.63) is 29.6 Å². The zero-order chi connectivity index (χ0) is 8.85. The van der Waals surface area contributed by atoms with Crippen LogP contribution in [0.25, 0.3) is 0 Å². The Bertz CT molecular complexity index is 221. The van der Waals surface area contributed by atoms with Gasteiger partial charge >= 0.3 is 0 Å². The summed E-state index contributed by atoms with van der Waals surface area (Å²) in [6, 6.07) is 5.13. The molecule has 0 aromatic heterocycles. The minimum Gasteiger partial charge on any atom is -0.207 e. The normalized spacial score (nSPS) is 8.45. The molecule has 11 heavy (non-hydrogen) atoms. The second-order valence-electron chi connectivity index (χ2n) is 2.01. The highest BCUT2D eigenvalue weighted by atomic mass is 31.0. The Labute approximate surface area is 70.0 Å². The van der Waals surface area contributed by atoms with Crippen LogP contribution in [-0.2, 0) is 0 Å². The number of hydrogen-bond acceptors (Lipinski definition) is 0. The molecule has 0 fully saturated rings. The molecule has 0 spiro atoms. The summed E-state index contributed by atoms with van der Waals surface area (Å²) in [5.41, 5.74) is 0.696. The zero-order valence-electron chi connectivity index (χ0n) is 7.19. The Kier molecular flexibility index (Phi) is 5.06. The number of aryl methyl sites for hydroxylation is 1. The summed E-state index contributed by atoms with van der Waals surface area (Å²) in [4.78, 5) is 0. The first kappa shape index (κ1) is 10.6. The van der Waals surface area contributed by atoms with Crippen molar-refractivity contribution >= 4 is 14.5 Å². The predicted molar refractivity (Wildman–Crippen MR) is 51.8 cm³/mol. The van der Waals surface area contributed by atoms with Crippen molar-refractivity contribution in [2.24, 2.45) is 0 Å². The maximum Gasteiger partial charge on any atom is 0.126 e. The molecular weight excluding hydrogens is 158 g/mol. The van der Waals surface area contributed by atoms with E-state index in [9.17, 15) is 4.39 Å². The minimum absolute atomic E-state index is 0.137. The van der Waals surface area contributed by atoms with Crippen molar-refractivity contribution < 1.29 is 4.39 Å². The minimum atomic E-state index is -0.137. The third kappa shape index (κ3) is 3.48. The van der Waals surface area contributed by atoms with Gasteiger partial charge in [0.05, 0.1) is 0 Å². The van der Waals surface area contributed by atoms with E-state index in [2.05, 4.69) is 9.24 Å². The molecule has 0 radical (unpaired) electrons. The van der Waals surface area contributed by atoms with Crippen LogP contribution in [0.15, 0.2) is 18.2 Å². The second-order valence-corrected chi connectivity index (χ2v) is 2.68. The lowest BCUT2D eigenvalue weighted by Crippen LogP contribution is -1.92. The van der Waals surface area contributed by atoms with E-state index >= 15 is 0 Å². The molecule has 0 aliphatic heterocycles. The molecule has 0 saturated heterocycles. The standard InChI is InChI=1S/C7H8FP.C2H6/c1-5-2-3-6(9)4-7(5)8;1-2/h2-4H,9H2,1H3;1-2H3. The van der Waals surface area contributed by atoms with Gasteiger partial charge in [0.15, 0.2) is 0 Å². The van der Waals surface area contributed by atoms with E-state index in [1.54, 1.807) is 13.0 Å². The summed E-state index contributed by atoms with van der Waals surface area (Å²) in [5.74, 6) is -0.137. The molecule has 0 amide bonds. The highest BCUT2D eigenvalue weighted by Gasteiger charge is 1.93. The summed E-state index contributed by atoms with van der Waals surface area (Å²) >= 11 is 0. The molecule has 1 aromatic rings. The summed E-state index contributed by atoms with van der Waals surface area (Å²) in [7, 11) is 2.45. The van der Waals surface area contributed by atoms with Crippen molar-refractivity contribution in [3.8, 4) is 0 Å². The van der Waals surface area contributed by atoms with Gasteiger partial charge in [-0.25, -0.2) is 4.39 Å². The Morgan fingerprint density at radius 1 is 1.27 bits per heavy atom. The first-order valence-electron chi connectivity index (χ1n) is 3.72. The summed E-state index contributed by atoms with van der Waals surface area (Å²) < 4.78 is 12.6. The van der Waals surface area contributed by atoms with Gasteiger partial charge in [0.1, 0.15) is 5.82 Å². The van der Waals surface area contributed by atoms with E-state index in [4.69, 9.17) is 0 Å². The van der Waals surface area contributed by atoms with Gasteiger partial charge in [0, 0.05) is 0 Å². The highest BCUT2D eigenvalue weighted by Crippen LogP contribution is 2.03. The Morgan fingerprint density at radius 2 is 1.82 bits per heavy atom. The zero-order valence-corrected chi connectivity index (χ0v) is 8.34. The van der Waals surface area contributed by atoms with Crippen LogP contribution in [0.2, 0.25) is 0 Å². The molecule has 2 heteroatoms. The Balaban J connectivity index is 0.000000461. The lowest BCUT2D eigenvalue weighted by Gasteiger charge is -1.94. The average Bonchev–Trinajstić information content (AvgIpc) is 2.02. The van der Waals surface area contributed by atoms with Gasteiger partial charge in [-0.1, -0.05) is 26.0 Å². The molecule has 0 aliphatic carbocycles. The summed E-state index contributed by atoms with van der Waals surface area (Å²) in [6.45, 7) is 5.75. The van der Waals surface area contributed by atoms with Gasteiger partial charge in [0.2, 0.25) is 0 Å². The van der Waals surface area contributed by atoms with Crippen LogP contribution in [0, 0.1) is 12.7 Å². The van der Waals surface area contributed by atoms with Gasteiger partial charge in [-0.3, -0.25) is 0 Å². The lowest BCUT2D eigenvalue weighted by molar-refractivity contribution is 0.620. The molecule has 0 heterocycles. The van der Waals surface area contributed by atoms with Crippen molar-refractivity contribution in [2.45, 2.75) is 20.8 Å². The van der Waals surface area contributed by atoms with Crippen molar-refractivity contribution in [1.82, 2.24) is 0 Å². The predicted octanol–water partition coefficient (Wildman–Crippen LogP) is 2.66. The lowest BCUT2D eigenvalue weighted by atomic mass is 10.2. The van der Waals surface area contributed by atoms with Gasteiger partial charge in [-0.2, -0.15) is 0 Å². The summed E-state index contributed by atoms with van der Waals surface area (Å²) in [5, 5.41) is 0.887. The fourth-order valence-electron chi connectivity index (χ4n) is 0.609. The van der Waals surface area contributed by atoms with Gasteiger partial charge in [-0.05, 0) is 23.9 Å². The number of rotatable bonds is 0. The van der Waals surface area contributed by atoms with Crippen LogP contribution < -0.4 is 5.30 Å². The van der Waals surface area contributed by atoms with Crippen LogP contribution in [0.5, 0.6) is 0 Å². The quantitative estimate of drug-likeness (QED) is 0.528. The van der Waals surface area contributed by atoms with Crippen LogP contribution in [0.4, 0.5) is 4.39 Å². The van der Waals surface area contributed by atoms with Crippen LogP contribution in [-0.4, -0.2) is 0 Å². The molecule has 1 atom stereocenters. The monoisotopic (exact) mass is 172 g/mol. The molecule has 0 aliphatic rings. The van der Waals surface area contributed by atoms with E-state index in [1.165, 1.54) is 6.07 Å². The molecule has 1 unspecified atom stereocenters. The van der Waals surface area contributed by atoms with E-state index < -0.39 is 0 Å². The second kappa shape index (κ2) is 5.26. The number of halogens is 1. The van der Waals surface area contributed by atoms with Gasteiger partial charge in [-0.15, -0.1) is 9.24 Å². The molecule has 1 rings (SSSR count). The Hall–Kier alpha value is -0.420. The molecule has 0 N–H and O–H groups in total. The van der Waals surface area contributed by atoms with E-state index in [0.29, 0.717) is 5.56 Å². The largest absolute Gasteiger partial charge is 0.207 e. The number of benzene rings is 1. The molecular formula is C9H14FP. The van der Waals surface area contributed by atoms with Crippen LogP contribution in [0.3, 0.4) is 0 Å². The van der Waals surface area contributed by atoms with Crippen molar-refractivity contribution in [1.29, 1.82) is 0 Å². The summed E-state index contributed by atoms with van der Waals surface area (Å²) in [6.07, 6.45) is 0. The van der Waals surface area contributed by atoms with Crippen LogP contribution >= 0.6 is 9.24 Å². The van der Waals surface area contributed by atoms with E-state index in [-0.39, 0.29) is 5.82 Å². The van der Waals surface area contributed by atoms with Crippen molar-refractivity contribution in [3.63, 3.8) is 0 Å². The van der Waals surface area contributed by atoms with E-state index in [1.807, 2.05) is 19.9 Å². The van der Waals surface area contributed by atoms with E-state index in [0.717, 1.165) is 5.30 Å². The molecule has 0 bridgehead atoms. The Morgan fingerprint density at radius 3 is 2.18 bits per heavy atom. The maximum absolute atomic E-state index is 12.6. The fourth-order valence-corrected chi connectivity index (χ4v) is 0.852. The third-order valence-corrected chi connectivity index (χ3v) is 1.56. The van der Waals surface area contributed by atoms with Crippen LogP contribution in [0.1, 0.15) is 19.4 Å². The van der Waals surface area contributed by atoms with Crippen molar-refractivity contribution in [2.75, 3.05) is 0 Å². The third-order valence-electron chi connectivity index (χ3n) is 1.20. The molecule has 1 aromatic carbocycles. The van der Waals surface area contributed by atoms with Gasteiger partial charge in [0.25, 0.3) is 0 Å². The van der Waals surface area contributed by atoms with Gasteiger partial charge < -0.3 is 0 Å². The average molecular weight is 172 g/mol. The maximum atomic E-state index is 12.6. The molecule has 0 saturated carbocycles. The first-order chi connectivity index (χ1) is 5.20. The first-order valence-corrected chi connectivity index (χ1v) is 4.29.